The van der Waals surface area contributed by atoms with Crippen LogP contribution in [0.15, 0.2) is 59.8 Å². The van der Waals surface area contributed by atoms with Crippen molar-refractivity contribution >= 4 is 21.5 Å². The topological polar surface area (TPSA) is 101 Å². The van der Waals surface area contributed by atoms with E-state index in [9.17, 15) is 18.5 Å². The quantitative estimate of drug-likeness (QED) is 0.618. The molecular formula is C20H19N3O4S. The molecule has 2 aromatic heterocycles. The number of sulfonamides is 1. The minimum absolute atomic E-state index is 0.0475. The molecule has 0 atom stereocenters. The second-order valence-corrected chi connectivity index (χ2v) is 8.02. The molecule has 0 aliphatic rings. The van der Waals surface area contributed by atoms with Crippen LogP contribution in [0.5, 0.6) is 0 Å². The van der Waals surface area contributed by atoms with Gasteiger partial charge in [0.25, 0.3) is 0 Å². The molecule has 28 heavy (non-hydrogen) atoms. The van der Waals surface area contributed by atoms with Crippen molar-refractivity contribution in [3.8, 4) is 6.07 Å². The van der Waals surface area contributed by atoms with Gasteiger partial charge in [0.1, 0.15) is 12.7 Å². The summed E-state index contributed by atoms with van der Waals surface area (Å²) in [6, 6.07) is 14.0. The Morgan fingerprint density at radius 2 is 1.96 bits per heavy atom. The number of aromatic nitrogens is 1. The number of ether oxygens (including phenoxy) is 1. The minimum Gasteiger partial charge on any atom is -0.461 e. The van der Waals surface area contributed by atoms with E-state index in [0.29, 0.717) is 11.1 Å². The van der Waals surface area contributed by atoms with Gasteiger partial charge < -0.3 is 9.14 Å². The first-order chi connectivity index (χ1) is 13.4. The smallest absolute Gasteiger partial charge is 0.307 e. The van der Waals surface area contributed by atoms with Gasteiger partial charge in [-0.2, -0.15) is 5.26 Å². The lowest BCUT2D eigenvalue weighted by molar-refractivity contribution is -0.144. The third-order valence-corrected chi connectivity index (χ3v) is 5.69. The van der Waals surface area contributed by atoms with Crippen molar-refractivity contribution in [3.05, 3.63) is 71.5 Å². The molecule has 2 heterocycles. The number of fused-ring (bicyclic) bond motifs is 1. The van der Waals surface area contributed by atoms with E-state index >= 15 is 0 Å². The highest BCUT2D eigenvalue weighted by Gasteiger charge is 2.15. The van der Waals surface area contributed by atoms with Crippen LogP contribution in [0.2, 0.25) is 0 Å². The Bertz CT molecular complexity index is 1140. The number of esters is 1. The zero-order valence-corrected chi connectivity index (χ0v) is 16.1. The van der Waals surface area contributed by atoms with Gasteiger partial charge in [-0.15, -0.1) is 0 Å². The molecule has 0 unspecified atom stereocenters. The van der Waals surface area contributed by atoms with Gasteiger partial charge in [0, 0.05) is 24.5 Å². The summed E-state index contributed by atoms with van der Waals surface area (Å²) in [5, 5.41) is 9.35. The summed E-state index contributed by atoms with van der Waals surface area (Å²) >= 11 is 0. The van der Waals surface area contributed by atoms with Crippen LogP contribution in [0.1, 0.15) is 23.1 Å². The third kappa shape index (κ3) is 4.39. The summed E-state index contributed by atoms with van der Waals surface area (Å²) in [5.41, 5.74) is 2.75. The van der Waals surface area contributed by atoms with Crippen LogP contribution in [0.25, 0.3) is 5.52 Å². The van der Waals surface area contributed by atoms with Gasteiger partial charge in [-0.25, -0.2) is 13.1 Å². The molecule has 0 bridgehead atoms. The fourth-order valence-electron chi connectivity index (χ4n) is 2.73. The number of benzene rings is 1. The molecule has 7 nitrogen and oxygen atoms in total. The van der Waals surface area contributed by atoms with Gasteiger partial charge in [-0.3, -0.25) is 4.79 Å². The van der Waals surface area contributed by atoms with Crippen molar-refractivity contribution < 1.29 is 17.9 Å². The van der Waals surface area contributed by atoms with Crippen LogP contribution in [-0.2, 0) is 26.2 Å². The number of carbonyl (C=O) groups is 1. The van der Waals surface area contributed by atoms with Gasteiger partial charge in [0.05, 0.1) is 22.4 Å². The lowest BCUT2D eigenvalue weighted by Gasteiger charge is -2.07. The maximum atomic E-state index is 12.2. The van der Waals surface area contributed by atoms with E-state index in [4.69, 9.17) is 4.74 Å². The molecule has 0 saturated heterocycles. The molecule has 0 aliphatic carbocycles. The molecule has 144 valence electrons. The summed E-state index contributed by atoms with van der Waals surface area (Å²) in [6.45, 7) is 1.75. The first-order valence-corrected chi connectivity index (χ1v) is 10.1. The van der Waals surface area contributed by atoms with Gasteiger partial charge in [0.2, 0.25) is 10.0 Å². The first-order valence-electron chi connectivity index (χ1n) is 8.61. The third-order valence-electron chi connectivity index (χ3n) is 4.22. The SMILES string of the molecule is Cc1ccc(S(=O)(=O)NCCC(=O)OCc2cn3ccccc3c2C#N)cc1. The number of nitriles is 1. The van der Waals surface area contributed by atoms with Gasteiger partial charge in [-0.05, 0) is 31.2 Å². The van der Waals surface area contributed by atoms with Crippen molar-refractivity contribution in [1.29, 1.82) is 5.26 Å². The number of nitrogens with one attached hydrogen (secondary N) is 1. The Kier molecular flexibility index (Phi) is 5.78. The predicted octanol–water partition coefficient (Wildman–Crippen LogP) is 2.53. The Morgan fingerprint density at radius 3 is 2.68 bits per heavy atom. The molecule has 8 heteroatoms. The van der Waals surface area contributed by atoms with E-state index < -0.39 is 16.0 Å². The lowest BCUT2D eigenvalue weighted by Crippen LogP contribution is -2.26. The Morgan fingerprint density at radius 1 is 1.21 bits per heavy atom. The van der Waals surface area contributed by atoms with Crippen LogP contribution in [0.4, 0.5) is 0 Å². The van der Waals surface area contributed by atoms with E-state index in [0.717, 1.165) is 11.1 Å². The van der Waals surface area contributed by atoms with Crippen LogP contribution in [-0.4, -0.2) is 25.3 Å². The second-order valence-electron chi connectivity index (χ2n) is 6.26. The normalized spacial score (nSPS) is 11.3. The number of nitrogens with zero attached hydrogens (tertiary/aromatic N) is 2. The molecular weight excluding hydrogens is 378 g/mol. The maximum absolute atomic E-state index is 12.2. The maximum Gasteiger partial charge on any atom is 0.307 e. The number of aryl methyl sites for hydroxylation is 1. The molecule has 0 spiro atoms. The summed E-state index contributed by atoms with van der Waals surface area (Å²) in [5.74, 6) is -0.550. The van der Waals surface area contributed by atoms with Crippen molar-refractivity contribution in [2.24, 2.45) is 0 Å². The van der Waals surface area contributed by atoms with Gasteiger partial charge >= 0.3 is 5.97 Å². The van der Waals surface area contributed by atoms with E-state index in [1.54, 1.807) is 28.9 Å². The van der Waals surface area contributed by atoms with Crippen molar-refractivity contribution in [1.82, 2.24) is 9.12 Å². The highest BCUT2D eigenvalue weighted by Crippen LogP contribution is 2.18. The molecule has 1 aromatic carbocycles. The van der Waals surface area contributed by atoms with E-state index in [1.165, 1.54) is 12.1 Å². The zero-order valence-electron chi connectivity index (χ0n) is 15.3. The van der Waals surface area contributed by atoms with E-state index in [-0.39, 0.29) is 24.5 Å². The highest BCUT2D eigenvalue weighted by molar-refractivity contribution is 7.89. The Balaban J connectivity index is 1.54. The highest BCUT2D eigenvalue weighted by atomic mass is 32.2. The van der Waals surface area contributed by atoms with Crippen LogP contribution < -0.4 is 4.72 Å². The average molecular weight is 397 g/mol. The molecule has 3 aromatic rings. The molecule has 0 aliphatic heterocycles. The van der Waals surface area contributed by atoms with Crippen molar-refractivity contribution in [3.63, 3.8) is 0 Å². The van der Waals surface area contributed by atoms with E-state index in [2.05, 4.69) is 10.8 Å². The second kappa shape index (κ2) is 8.25. The summed E-state index contributed by atoms with van der Waals surface area (Å²) in [7, 11) is -3.67. The van der Waals surface area contributed by atoms with Crippen LogP contribution in [0, 0.1) is 18.3 Å². The zero-order chi connectivity index (χ0) is 20.1. The predicted molar refractivity (Wildman–Crippen MR) is 103 cm³/mol. The number of carbonyl (C=O) groups excluding carboxylic acids is 1. The number of hydrogen-bond acceptors (Lipinski definition) is 5. The van der Waals surface area contributed by atoms with Crippen molar-refractivity contribution in [2.75, 3.05) is 6.54 Å². The average Bonchev–Trinajstić information content (AvgIpc) is 3.04. The monoisotopic (exact) mass is 397 g/mol. The summed E-state index contributed by atoms with van der Waals surface area (Å²) < 4.78 is 33.7. The molecule has 3 rings (SSSR count). The number of hydrogen-bond donors (Lipinski definition) is 1. The lowest BCUT2D eigenvalue weighted by atomic mass is 10.2. The molecule has 1 N–H and O–H groups in total. The van der Waals surface area contributed by atoms with Crippen LogP contribution in [0.3, 0.4) is 0 Å². The number of pyridine rings is 1. The van der Waals surface area contributed by atoms with Crippen LogP contribution >= 0.6 is 0 Å². The Hall–Kier alpha value is -3.15. The fourth-order valence-corrected chi connectivity index (χ4v) is 3.77. The Labute approximate surface area is 163 Å². The largest absolute Gasteiger partial charge is 0.461 e. The minimum atomic E-state index is -3.67. The fraction of sp³-hybridized carbons (Fsp3) is 0.200. The van der Waals surface area contributed by atoms with E-state index in [1.807, 2.05) is 25.1 Å². The number of rotatable bonds is 7. The summed E-state index contributed by atoms with van der Waals surface area (Å²) in [4.78, 5) is 12.1. The molecule has 0 amide bonds. The van der Waals surface area contributed by atoms with Gasteiger partial charge in [0.15, 0.2) is 0 Å². The van der Waals surface area contributed by atoms with Gasteiger partial charge in [-0.1, -0.05) is 23.8 Å². The first kappa shape index (κ1) is 19.6. The summed E-state index contributed by atoms with van der Waals surface area (Å²) in [6.07, 6.45) is 3.43. The molecule has 0 fully saturated rings. The standard InChI is InChI=1S/C20H19N3O4S/c1-15-5-7-17(8-6-15)28(25,26)22-10-9-20(24)27-14-16-13-23-11-3-2-4-19(23)18(16)12-21/h2-8,11,13,22H,9-10,14H2,1H3. The molecule has 0 radical (unpaired) electrons. The molecule has 0 saturated carbocycles. The van der Waals surface area contributed by atoms with Crippen molar-refractivity contribution in [2.45, 2.75) is 24.8 Å².